The zero-order valence-electron chi connectivity index (χ0n) is 18.9. The molecular formula is C27H27N3O4. The van der Waals surface area contributed by atoms with Gasteiger partial charge in [0.1, 0.15) is 5.41 Å². The van der Waals surface area contributed by atoms with Crippen molar-refractivity contribution in [2.45, 2.75) is 25.8 Å². The summed E-state index contributed by atoms with van der Waals surface area (Å²) < 4.78 is 5.26. The van der Waals surface area contributed by atoms with Gasteiger partial charge in [-0.25, -0.2) is 0 Å². The van der Waals surface area contributed by atoms with Gasteiger partial charge < -0.3 is 20.8 Å². The van der Waals surface area contributed by atoms with Crippen LogP contribution in [-0.4, -0.2) is 35.3 Å². The monoisotopic (exact) mass is 457 g/mol. The molecule has 34 heavy (non-hydrogen) atoms. The Kier molecular flexibility index (Phi) is 6.75. The third-order valence-corrected chi connectivity index (χ3v) is 6.02. The molecule has 4 N–H and O–H groups in total. The fourth-order valence-corrected chi connectivity index (χ4v) is 4.18. The fourth-order valence-electron chi connectivity index (χ4n) is 4.18. The van der Waals surface area contributed by atoms with Gasteiger partial charge >= 0.3 is 5.97 Å². The Labute approximate surface area is 197 Å². The van der Waals surface area contributed by atoms with Crippen molar-refractivity contribution in [3.63, 3.8) is 0 Å². The van der Waals surface area contributed by atoms with Gasteiger partial charge in [-0.05, 0) is 49.6 Å². The summed E-state index contributed by atoms with van der Waals surface area (Å²) in [6.07, 6.45) is 6.89. The van der Waals surface area contributed by atoms with E-state index in [1.165, 1.54) is 6.08 Å². The number of ketones is 1. The Hall–Kier alpha value is -3.97. The summed E-state index contributed by atoms with van der Waals surface area (Å²) in [7, 11) is 0. The fraction of sp³-hybridized carbons (Fsp3) is 0.222. The molecule has 1 aliphatic carbocycles. The number of nitrogens with two attached hydrogens (primary N) is 1. The largest absolute Gasteiger partial charge is 0.465 e. The number of aromatic nitrogens is 1. The van der Waals surface area contributed by atoms with Crippen LogP contribution < -0.4 is 11.1 Å². The van der Waals surface area contributed by atoms with Crippen LogP contribution in [0.5, 0.6) is 0 Å². The number of para-hydroxylation sites is 1. The molecule has 0 bridgehead atoms. The standard InChI is InChI=1S/C27H27N3O4/c1-2-34-26(33)27(14-12-20(13-15-27)30-25(32)18-8-4-3-5-9-18)24(31)22(28)16-19-17-29-23-11-7-6-10-21(19)23/h3-14,17,22,29H,2,15-16,28H2,1H3,(H,30,32)/t22-,27?/m0/s1. The number of aromatic amines is 1. The van der Waals surface area contributed by atoms with Crippen molar-refractivity contribution >= 4 is 28.6 Å². The number of carbonyl (C=O) groups excluding carboxylic acids is 3. The van der Waals surface area contributed by atoms with E-state index in [9.17, 15) is 14.4 Å². The Morgan fingerprint density at radius 1 is 1.12 bits per heavy atom. The molecule has 7 nitrogen and oxygen atoms in total. The Bertz CT molecular complexity index is 1280. The first-order valence-electron chi connectivity index (χ1n) is 11.2. The molecule has 1 unspecified atom stereocenters. The first-order chi connectivity index (χ1) is 16.4. The van der Waals surface area contributed by atoms with Crippen LogP contribution in [0.3, 0.4) is 0 Å². The summed E-state index contributed by atoms with van der Waals surface area (Å²) in [6.45, 7) is 1.83. The molecule has 0 saturated carbocycles. The van der Waals surface area contributed by atoms with Crippen molar-refractivity contribution in [3.8, 4) is 0 Å². The summed E-state index contributed by atoms with van der Waals surface area (Å²) in [4.78, 5) is 42.2. The van der Waals surface area contributed by atoms with E-state index in [0.29, 0.717) is 11.3 Å². The molecule has 1 amide bonds. The van der Waals surface area contributed by atoms with Crippen molar-refractivity contribution in [2.75, 3.05) is 6.61 Å². The predicted octanol–water partition coefficient (Wildman–Crippen LogP) is 3.43. The van der Waals surface area contributed by atoms with E-state index < -0.39 is 23.2 Å². The molecule has 0 radical (unpaired) electrons. The number of esters is 1. The minimum absolute atomic E-state index is 0.0488. The summed E-state index contributed by atoms with van der Waals surface area (Å²) in [5.74, 6) is -1.34. The van der Waals surface area contributed by atoms with E-state index in [2.05, 4.69) is 10.3 Å². The highest BCUT2D eigenvalue weighted by Gasteiger charge is 2.47. The van der Waals surface area contributed by atoms with Crippen molar-refractivity contribution in [3.05, 3.63) is 95.8 Å². The lowest BCUT2D eigenvalue weighted by atomic mass is 9.74. The highest BCUT2D eigenvalue weighted by atomic mass is 16.5. The van der Waals surface area contributed by atoms with Crippen LogP contribution in [0.15, 0.2) is 84.7 Å². The molecule has 0 spiro atoms. The third kappa shape index (κ3) is 4.56. The van der Waals surface area contributed by atoms with Crippen LogP contribution in [0.2, 0.25) is 0 Å². The number of nitrogens with one attached hydrogen (secondary N) is 2. The lowest BCUT2D eigenvalue weighted by Gasteiger charge is -2.31. The molecule has 4 rings (SSSR count). The third-order valence-electron chi connectivity index (χ3n) is 6.02. The van der Waals surface area contributed by atoms with Crippen molar-refractivity contribution < 1.29 is 19.1 Å². The summed E-state index contributed by atoms with van der Waals surface area (Å²) in [6, 6.07) is 15.6. The van der Waals surface area contributed by atoms with Gasteiger partial charge in [-0.15, -0.1) is 0 Å². The van der Waals surface area contributed by atoms with Crippen LogP contribution in [0, 0.1) is 5.41 Å². The molecular weight excluding hydrogens is 430 g/mol. The van der Waals surface area contributed by atoms with E-state index in [-0.39, 0.29) is 25.4 Å². The predicted molar refractivity (Wildman–Crippen MR) is 130 cm³/mol. The molecule has 1 aliphatic rings. The van der Waals surface area contributed by atoms with Gasteiger partial charge in [0.2, 0.25) is 0 Å². The van der Waals surface area contributed by atoms with E-state index in [4.69, 9.17) is 10.5 Å². The minimum atomic E-state index is -1.54. The minimum Gasteiger partial charge on any atom is -0.465 e. The van der Waals surface area contributed by atoms with Gasteiger partial charge in [-0.1, -0.05) is 48.6 Å². The molecule has 1 heterocycles. The topological polar surface area (TPSA) is 114 Å². The van der Waals surface area contributed by atoms with Crippen LogP contribution in [0.25, 0.3) is 10.9 Å². The molecule has 0 aliphatic heterocycles. The van der Waals surface area contributed by atoms with Gasteiger partial charge in [0.15, 0.2) is 5.78 Å². The van der Waals surface area contributed by atoms with E-state index in [0.717, 1.165) is 16.5 Å². The number of ether oxygens (including phenoxy) is 1. The molecule has 174 valence electrons. The van der Waals surface area contributed by atoms with Gasteiger partial charge in [0, 0.05) is 28.4 Å². The molecule has 1 aromatic heterocycles. The highest BCUT2D eigenvalue weighted by Crippen LogP contribution is 2.34. The number of hydrogen-bond acceptors (Lipinski definition) is 5. The molecule has 3 aromatic rings. The first kappa shape index (κ1) is 23.2. The number of rotatable bonds is 8. The molecule has 0 fully saturated rings. The quantitative estimate of drug-likeness (QED) is 0.354. The van der Waals surface area contributed by atoms with Crippen molar-refractivity contribution in [1.29, 1.82) is 0 Å². The lowest BCUT2D eigenvalue weighted by molar-refractivity contribution is -0.157. The molecule has 7 heteroatoms. The summed E-state index contributed by atoms with van der Waals surface area (Å²) in [5, 5.41) is 3.79. The average Bonchev–Trinajstić information content (AvgIpc) is 3.27. The zero-order valence-corrected chi connectivity index (χ0v) is 18.9. The summed E-state index contributed by atoms with van der Waals surface area (Å²) >= 11 is 0. The number of H-pyrrole nitrogens is 1. The number of fused-ring (bicyclic) bond motifs is 1. The van der Waals surface area contributed by atoms with Gasteiger partial charge in [-0.3, -0.25) is 14.4 Å². The van der Waals surface area contributed by atoms with Gasteiger partial charge in [0.25, 0.3) is 5.91 Å². The van der Waals surface area contributed by atoms with Gasteiger partial charge in [-0.2, -0.15) is 0 Å². The van der Waals surface area contributed by atoms with Crippen molar-refractivity contribution in [1.82, 2.24) is 10.3 Å². The average molecular weight is 458 g/mol. The molecule has 2 aromatic carbocycles. The van der Waals surface area contributed by atoms with Crippen LogP contribution >= 0.6 is 0 Å². The number of amides is 1. The second-order valence-corrected chi connectivity index (χ2v) is 8.24. The summed E-state index contributed by atoms with van der Waals surface area (Å²) in [5.41, 5.74) is 7.68. The second-order valence-electron chi connectivity index (χ2n) is 8.24. The molecule has 2 atom stereocenters. The maximum Gasteiger partial charge on any atom is 0.323 e. The van der Waals surface area contributed by atoms with Crippen molar-refractivity contribution in [2.24, 2.45) is 11.1 Å². The normalized spacial score (nSPS) is 18.2. The van der Waals surface area contributed by atoms with Gasteiger partial charge in [0.05, 0.1) is 12.6 Å². The Morgan fingerprint density at radius 2 is 1.85 bits per heavy atom. The van der Waals surface area contributed by atoms with E-state index in [1.807, 2.05) is 36.5 Å². The lowest BCUT2D eigenvalue weighted by Crippen LogP contribution is -2.49. The van der Waals surface area contributed by atoms with E-state index in [1.54, 1.807) is 43.3 Å². The van der Waals surface area contributed by atoms with Crippen LogP contribution in [-0.2, 0) is 20.7 Å². The highest BCUT2D eigenvalue weighted by molar-refractivity contribution is 6.09. The van der Waals surface area contributed by atoms with Crippen LogP contribution in [0.4, 0.5) is 0 Å². The van der Waals surface area contributed by atoms with E-state index >= 15 is 0 Å². The molecule has 0 saturated heterocycles. The zero-order chi connectivity index (χ0) is 24.1. The number of hydrogen-bond donors (Lipinski definition) is 3. The Morgan fingerprint density at radius 3 is 2.56 bits per heavy atom. The SMILES string of the molecule is CCOC(=O)C1(C(=O)[C@@H](N)Cc2c[nH]c3ccccc23)C=CC(NC(=O)c2ccccc2)=CC1. The maximum atomic E-state index is 13.5. The smallest absolute Gasteiger partial charge is 0.323 e. The maximum absolute atomic E-state index is 13.5. The number of allylic oxidation sites excluding steroid dienone is 2. The first-order valence-corrected chi connectivity index (χ1v) is 11.2. The van der Waals surface area contributed by atoms with Crippen LogP contribution in [0.1, 0.15) is 29.3 Å². The number of benzene rings is 2. The number of Topliss-reactive ketones (excluding diaryl/α,β-unsaturated/α-hetero) is 1. The second kappa shape index (κ2) is 9.89. The Balaban J connectivity index is 1.53. The number of carbonyl (C=O) groups is 3.